The Balaban J connectivity index is 1.60. The second-order valence-corrected chi connectivity index (χ2v) is 5.53. The van der Waals surface area contributed by atoms with Gasteiger partial charge in [0.1, 0.15) is 11.4 Å². The van der Waals surface area contributed by atoms with Crippen molar-refractivity contribution in [2.45, 2.75) is 0 Å². The molecule has 4 aromatic rings. The first-order valence-corrected chi connectivity index (χ1v) is 7.71. The number of benzene rings is 3. The zero-order valence-electron chi connectivity index (χ0n) is 13.1. The molecule has 25 heavy (non-hydrogen) atoms. The first-order chi connectivity index (χ1) is 12.2. The maximum absolute atomic E-state index is 13.5. The molecule has 0 atom stereocenters. The number of rotatable bonds is 3. The van der Waals surface area contributed by atoms with Gasteiger partial charge in [0, 0.05) is 10.9 Å². The molecule has 1 N–H and O–H groups in total. The van der Waals surface area contributed by atoms with Crippen molar-refractivity contribution in [3.05, 3.63) is 83.9 Å². The van der Waals surface area contributed by atoms with Gasteiger partial charge >= 0.3 is 5.91 Å². The highest BCUT2D eigenvalue weighted by Gasteiger charge is 2.13. The Kier molecular flexibility index (Phi) is 3.74. The van der Waals surface area contributed by atoms with Gasteiger partial charge in [0.25, 0.3) is 0 Å². The molecule has 122 valence electrons. The lowest BCUT2D eigenvalue weighted by molar-refractivity contribution is 0.0929. The Morgan fingerprint density at radius 2 is 1.80 bits per heavy atom. The highest BCUT2D eigenvalue weighted by Crippen LogP contribution is 2.28. The number of nitrogens with zero attached hydrogens (tertiary/aromatic N) is 1. The summed E-state index contributed by atoms with van der Waals surface area (Å²) in [6.45, 7) is 0. The molecule has 0 spiro atoms. The fourth-order valence-corrected chi connectivity index (χ4v) is 2.70. The number of hydrogen-bond acceptors (Lipinski definition) is 3. The molecule has 0 fully saturated rings. The molecule has 1 aromatic heterocycles. The van der Waals surface area contributed by atoms with Gasteiger partial charge in [0.05, 0.1) is 6.21 Å². The molecular weight excluding hydrogens is 319 g/mol. The van der Waals surface area contributed by atoms with Crippen molar-refractivity contribution in [2.75, 3.05) is 0 Å². The van der Waals surface area contributed by atoms with Crippen molar-refractivity contribution in [2.24, 2.45) is 5.10 Å². The van der Waals surface area contributed by atoms with Crippen molar-refractivity contribution in [1.29, 1.82) is 0 Å². The van der Waals surface area contributed by atoms with Gasteiger partial charge in [0.2, 0.25) is 0 Å². The van der Waals surface area contributed by atoms with Gasteiger partial charge in [-0.2, -0.15) is 5.10 Å². The van der Waals surface area contributed by atoms with Crippen molar-refractivity contribution in [3.63, 3.8) is 0 Å². The zero-order valence-corrected chi connectivity index (χ0v) is 13.1. The monoisotopic (exact) mass is 332 g/mol. The van der Waals surface area contributed by atoms with Gasteiger partial charge in [-0.3, -0.25) is 4.79 Å². The van der Waals surface area contributed by atoms with Crippen molar-refractivity contribution in [1.82, 2.24) is 5.43 Å². The number of carbonyl (C=O) groups is 1. The van der Waals surface area contributed by atoms with Crippen LogP contribution in [0.4, 0.5) is 4.39 Å². The van der Waals surface area contributed by atoms with Crippen LogP contribution in [0, 0.1) is 5.82 Å². The van der Waals surface area contributed by atoms with Gasteiger partial charge < -0.3 is 4.42 Å². The van der Waals surface area contributed by atoms with Gasteiger partial charge in [-0.25, -0.2) is 9.82 Å². The first-order valence-electron chi connectivity index (χ1n) is 7.71. The molecule has 0 aliphatic rings. The lowest BCUT2D eigenvalue weighted by Gasteiger charge is -1.96. The second kappa shape index (κ2) is 6.20. The molecule has 0 unspecified atom stereocenters. The third kappa shape index (κ3) is 2.87. The van der Waals surface area contributed by atoms with Crippen molar-refractivity contribution >= 4 is 33.9 Å². The summed E-state index contributed by atoms with van der Waals surface area (Å²) in [5.74, 6) is -0.749. The molecule has 1 amide bonds. The van der Waals surface area contributed by atoms with Crippen LogP contribution in [0.15, 0.2) is 76.2 Å². The second-order valence-electron chi connectivity index (χ2n) is 5.53. The number of hydrazone groups is 1. The van der Waals surface area contributed by atoms with E-state index in [0.717, 1.165) is 16.2 Å². The number of hydrogen-bond donors (Lipinski definition) is 1. The molecule has 0 saturated heterocycles. The average Bonchev–Trinajstić information content (AvgIpc) is 3.08. The van der Waals surface area contributed by atoms with Crippen LogP contribution in [0.1, 0.15) is 16.1 Å². The number of nitrogens with one attached hydrogen (secondary N) is 1. The summed E-state index contributed by atoms with van der Waals surface area (Å²) >= 11 is 0. The number of amides is 1. The predicted octanol–water partition coefficient (Wildman–Crippen LogP) is 4.49. The third-order valence-electron chi connectivity index (χ3n) is 3.92. The molecule has 5 heteroatoms. The van der Waals surface area contributed by atoms with E-state index < -0.39 is 11.7 Å². The fourth-order valence-electron chi connectivity index (χ4n) is 2.70. The van der Waals surface area contributed by atoms with Crippen LogP contribution in [0.25, 0.3) is 21.7 Å². The topological polar surface area (TPSA) is 54.6 Å². The maximum atomic E-state index is 13.5. The van der Waals surface area contributed by atoms with Gasteiger partial charge in [-0.05, 0) is 29.0 Å². The minimum absolute atomic E-state index is 0.150. The van der Waals surface area contributed by atoms with E-state index in [1.807, 2.05) is 36.4 Å². The molecule has 4 nitrogen and oxygen atoms in total. The summed E-state index contributed by atoms with van der Waals surface area (Å²) < 4.78 is 19.1. The van der Waals surface area contributed by atoms with E-state index in [0.29, 0.717) is 11.1 Å². The van der Waals surface area contributed by atoms with Crippen molar-refractivity contribution < 1.29 is 13.6 Å². The molecule has 0 aliphatic carbocycles. The summed E-state index contributed by atoms with van der Waals surface area (Å²) in [6.07, 6.45) is 1.26. The van der Waals surface area contributed by atoms with E-state index in [1.54, 1.807) is 24.3 Å². The minimum Gasteiger partial charge on any atom is -0.451 e. The largest absolute Gasteiger partial charge is 0.451 e. The van der Waals surface area contributed by atoms with E-state index in [-0.39, 0.29) is 5.76 Å². The minimum atomic E-state index is -0.493. The predicted molar refractivity (Wildman–Crippen MR) is 95.2 cm³/mol. The highest BCUT2D eigenvalue weighted by molar-refractivity contribution is 6.08. The number of fused-ring (bicyclic) bond motifs is 3. The van der Waals surface area contributed by atoms with E-state index in [9.17, 15) is 9.18 Å². The Morgan fingerprint density at radius 1 is 1.00 bits per heavy atom. The van der Waals surface area contributed by atoms with E-state index in [2.05, 4.69) is 10.5 Å². The molecule has 0 saturated carbocycles. The molecule has 0 aliphatic heterocycles. The molecule has 0 radical (unpaired) electrons. The summed E-state index contributed by atoms with van der Waals surface area (Å²) in [7, 11) is 0. The van der Waals surface area contributed by atoms with Crippen LogP contribution in [0.5, 0.6) is 0 Å². The molecule has 4 rings (SSSR count). The summed E-state index contributed by atoms with van der Waals surface area (Å²) in [6, 6.07) is 19.5. The van der Waals surface area contributed by atoms with E-state index >= 15 is 0 Å². The lowest BCUT2D eigenvalue weighted by Crippen LogP contribution is -2.16. The third-order valence-corrected chi connectivity index (χ3v) is 3.92. The number of furan rings is 1. The summed E-state index contributed by atoms with van der Waals surface area (Å²) in [4.78, 5) is 12.2. The maximum Gasteiger partial charge on any atom is 0.307 e. The van der Waals surface area contributed by atoms with Crippen LogP contribution < -0.4 is 5.43 Å². The molecular formula is C20H13FN2O2. The fraction of sp³-hybridized carbons (Fsp3) is 0. The quantitative estimate of drug-likeness (QED) is 0.444. The van der Waals surface area contributed by atoms with Crippen LogP contribution >= 0.6 is 0 Å². The SMILES string of the molecule is O=C(N/N=C/c1ccccc1F)c1cc2c(ccc3ccccc32)o1. The van der Waals surface area contributed by atoms with E-state index in [4.69, 9.17) is 4.42 Å². The number of halogens is 1. The molecule has 0 bridgehead atoms. The van der Waals surface area contributed by atoms with Crippen LogP contribution in [-0.2, 0) is 0 Å². The summed E-state index contributed by atoms with van der Waals surface area (Å²) in [5, 5.41) is 6.73. The number of carbonyl (C=O) groups excluding carboxylic acids is 1. The average molecular weight is 332 g/mol. The van der Waals surface area contributed by atoms with Crippen LogP contribution in [-0.4, -0.2) is 12.1 Å². The van der Waals surface area contributed by atoms with Gasteiger partial charge in [0.15, 0.2) is 5.76 Å². The highest BCUT2D eigenvalue weighted by atomic mass is 19.1. The van der Waals surface area contributed by atoms with E-state index in [1.165, 1.54) is 12.3 Å². The standard InChI is InChI=1S/C20H13FN2O2/c21-17-8-4-2-6-14(17)12-22-23-20(24)19-11-16-15-7-3-1-5-13(15)9-10-18(16)25-19/h1-12H,(H,23,24)/b22-12+. The van der Waals surface area contributed by atoms with Crippen molar-refractivity contribution in [3.8, 4) is 0 Å². The zero-order chi connectivity index (χ0) is 17.2. The Labute approximate surface area is 142 Å². The Hall–Kier alpha value is -3.47. The van der Waals surface area contributed by atoms with Crippen LogP contribution in [0.3, 0.4) is 0 Å². The normalized spacial score (nSPS) is 11.4. The molecule has 1 heterocycles. The van der Waals surface area contributed by atoms with Crippen LogP contribution in [0.2, 0.25) is 0 Å². The summed E-state index contributed by atoms with van der Waals surface area (Å²) in [5.41, 5.74) is 3.27. The molecule has 3 aromatic carbocycles. The lowest BCUT2D eigenvalue weighted by atomic mass is 10.1. The smallest absolute Gasteiger partial charge is 0.307 e. The van der Waals surface area contributed by atoms with Gasteiger partial charge in [-0.1, -0.05) is 48.5 Å². The Morgan fingerprint density at radius 3 is 2.68 bits per heavy atom. The van der Waals surface area contributed by atoms with Gasteiger partial charge in [-0.15, -0.1) is 0 Å². The Bertz CT molecular complexity index is 1120. The first kappa shape index (κ1) is 15.1.